The number of nitrogens with zero attached hydrogens (tertiary/aromatic N) is 2. The Morgan fingerprint density at radius 1 is 1.15 bits per heavy atom. The molecule has 0 bridgehead atoms. The van der Waals surface area contributed by atoms with Crippen molar-refractivity contribution in [3.8, 4) is 0 Å². The predicted molar refractivity (Wildman–Crippen MR) is 124 cm³/mol. The Hall–Kier alpha value is -3.66. The maximum atomic E-state index is 13.6. The summed E-state index contributed by atoms with van der Waals surface area (Å²) < 4.78 is 31.8. The van der Waals surface area contributed by atoms with Crippen LogP contribution in [0.1, 0.15) is 40.5 Å². The van der Waals surface area contributed by atoms with Gasteiger partial charge in [-0.3, -0.25) is 19.3 Å². The number of carbonyl (C=O) groups is 3. The van der Waals surface area contributed by atoms with Crippen LogP contribution in [0.3, 0.4) is 0 Å². The molecule has 34 heavy (non-hydrogen) atoms. The van der Waals surface area contributed by atoms with Gasteiger partial charge in [0.05, 0.1) is 23.4 Å². The van der Waals surface area contributed by atoms with Crippen LogP contribution < -0.4 is 10.2 Å². The third kappa shape index (κ3) is 6.02. The van der Waals surface area contributed by atoms with Crippen molar-refractivity contribution >= 4 is 39.9 Å². The van der Waals surface area contributed by atoms with E-state index in [2.05, 4.69) is 10.3 Å². The number of aromatic nitrogens is 1. The van der Waals surface area contributed by atoms with E-state index in [1.165, 1.54) is 23.2 Å². The molecule has 1 N–H and O–H groups in total. The number of hydrogen-bond donors (Lipinski definition) is 1. The average Bonchev–Trinajstić information content (AvgIpc) is 3.23. The highest BCUT2D eigenvalue weighted by molar-refractivity contribution is 7.14. The highest BCUT2D eigenvalue weighted by Crippen LogP contribution is 2.32. The fourth-order valence-corrected chi connectivity index (χ4v) is 3.99. The van der Waals surface area contributed by atoms with Gasteiger partial charge in [0.25, 0.3) is 5.91 Å². The summed E-state index contributed by atoms with van der Waals surface area (Å²) in [5, 5.41) is 4.54. The first-order valence-corrected chi connectivity index (χ1v) is 11.3. The van der Waals surface area contributed by atoms with E-state index in [1.54, 1.807) is 5.38 Å². The van der Waals surface area contributed by atoms with Gasteiger partial charge in [0.1, 0.15) is 18.2 Å². The van der Waals surface area contributed by atoms with Crippen LogP contribution in [0.5, 0.6) is 0 Å². The number of rotatable bonds is 8. The van der Waals surface area contributed by atoms with Gasteiger partial charge < -0.3 is 10.1 Å². The Bertz CT molecular complexity index is 1230. The number of ether oxygens (including phenoxy) is 1. The van der Waals surface area contributed by atoms with E-state index in [4.69, 9.17) is 4.74 Å². The van der Waals surface area contributed by atoms with Crippen LogP contribution in [0.15, 0.2) is 41.8 Å². The largest absolute Gasteiger partial charge is 0.459 e. The predicted octanol–water partition coefficient (Wildman–Crippen LogP) is 4.59. The van der Waals surface area contributed by atoms with E-state index in [0.29, 0.717) is 16.9 Å². The molecule has 0 aliphatic heterocycles. The van der Waals surface area contributed by atoms with Crippen LogP contribution in [0, 0.1) is 25.5 Å². The van der Waals surface area contributed by atoms with Crippen LogP contribution in [-0.4, -0.2) is 29.3 Å². The molecule has 1 aromatic heterocycles. The number of anilines is 2. The normalized spacial score (nSPS) is 10.6. The van der Waals surface area contributed by atoms with Crippen LogP contribution in [0.25, 0.3) is 0 Å². The quantitative estimate of drug-likeness (QED) is 0.470. The van der Waals surface area contributed by atoms with E-state index >= 15 is 0 Å². The van der Waals surface area contributed by atoms with Crippen molar-refractivity contribution in [2.24, 2.45) is 0 Å². The fourth-order valence-electron chi connectivity index (χ4n) is 3.12. The molecule has 0 aliphatic rings. The molecule has 3 aromatic rings. The number of halogens is 2. The molecular weight excluding hydrogens is 464 g/mol. The van der Waals surface area contributed by atoms with Gasteiger partial charge in [0, 0.05) is 24.9 Å². The number of esters is 1. The highest BCUT2D eigenvalue weighted by Gasteiger charge is 2.20. The number of carbonyl (C=O) groups excluding carboxylic acids is 3. The molecule has 0 saturated heterocycles. The summed E-state index contributed by atoms with van der Waals surface area (Å²) in [6, 6.07) is 8.29. The average molecular weight is 488 g/mol. The molecule has 178 valence electrons. The van der Waals surface area contributed by atoms with E-state index in [1.807, 2.05) is 32.0 Å². The van der Waals surface area contributed by atoms with Gasteiger partial charge in [-0.2, -0.15) is 0 Å². The van der Waals surface area contributed by atoms with Gasteiger partial charge in [-0.05, 0) is 43.2 Å². The molecule has 0 saturated carbocycles. The number of hydrogen-bond acceptors (Lipinski definition) is 6. The summed E-state index contributed by atoms with van der Waals surface area (Å²) in [7, 11) is 0. The molecule has 0 fully saturated rings. The van der Waals surface area contributed by atoms with Crippen molar-refractivity contribution in [1.29, 1.82) is 0 Å². The van der Waals surface area contributed by atoms with Crippen molar-refractivity contribution in [3.63, 3.8) is 0 Å². The van der Waals surface area contributed by atoms with E-state index in [9.17, 15) is 23.2 Å². The van der Waals surface area contributed by atoms with E-state index in [-0.39, 0.29) is 31.0 Å². The van der Waals surface area contributed by atoms with Gasteiger partial charge in [-0.25, -0.2) is 13.8 Å². The number of nitrogens with one attached hydrogen (secondary N) is 1. The molecule has 3 rings (SSSR count). The zero-order chi connectivity index (χ0) is 24.8. The van der Waals surface area contributed by atoms with Crippen molar-refractivity contribution in [2.45, 2.75) is 33.8 Å². The summed E-state index contributed by atoms with van der Waals surface area (Å²) in [5.41, 5.74) is 2.90. The Kier molecular flexibility index (Phi) is 8.06. The summed E-state index contributed by atoms with van der Waals surface area (Å²) in [4.78, 5) is 42.2. The zero-order valence-corrected chi connectivity index (χ0v) is 19.7. The lowest BCUT2D eigenvalue weighted by atomic mass is 10.1. The summed E-state index contributed by atoms with van der Waals surface area (Å²) >= 11 is 1.25. The molecular formula is C24H23F2N3O4S. The Labute approximate surface area is 199 Å². The Morgan fingerprint density at radius 3 is 2.62 bits per heavy atom. The van der Waals surface area contributed by atoms with Crippen LogP contribution in [0.2, 0.25) is 0 Å². The first-order chi connectivity index (χ1) is 16.2. The van der Waals surface area contributed by atoms with Gasteiger partial charge in [-0.1, -0.05) is 12.1 Å². The third-order valence-corrected chi connectivity index (χ3v) is 5.91. The third-order valence-electron chi connectivity index (χ3n) is 5.03. The minimum atomic E-state index is -0.986. The smallest absolute Gasteiger partial charge is 0.307 e. The molecule has 0 radical (unpaired) electrons. The van der Waals surface area contributed by atoms with Gasteiger partial charge in [0.2, 0.25) is 5.91 Å². The van der Waals surface area contributed by atoms with Crippen LogP contribution >= 0.6 is 11.3 Å². The molecule has 0 spiro atoms. The number of thiazole rings is 1. The summed E-state index contributed by atoms with van der Waals surface area (Å²) in [6.07, 6.45) is -0.145. The molecule has 7 nitrogen and oxygen atoms in total. The maximum Gasteiger partial charge on any atom is 0.307 e. The number of aryl methyl sites for hydroxylation is 1. The lowest BCUT2D eigenvalue weighted by Gasteiger charge is -2.21. The van der Waals surface area contributed by atoms with Crippen molar-refractivity contribution in [1.82, 2.24) is 10.3 Å². The van der Waals surface area contributed by atoms with Crippen LogP contribution in [0.4, 0.5) is 19.6 Å². The first kappa shape index (κ1) is 25.0. The van der Waals surface area contributed by atoms with E-state index in [0.717, 1.165) is 28.9 Å². The Balaban J connectivity index is 1.54. The van der Waals surface area contributed by atoms with Crippen molar-refractivity contribution < 1.29 is 27.9 Å². The molecule has 2 amide bonds. The first-order valence-electron chi connectivity index (χ1n) is 10.4. The Morgan fingerprint density at radius 2 is 1.91 bits per heavy atom. The SMILES string of the molecule is CC(=O)N(c1nc(COC(=O)CCNC(=O)c2ccc(F)cc2F)cs1)c1cccc(C)c1C. The lowest BCUT2D eigenvalue weighted by molar-refractivity contribution is -0.144. The van der Waals surface area contributed by atoms with Gasteiger partial charge in [-0.15, -0.1) is 11.3 Å². The monoisotopic (exact) mass is 487 g/mol. The minimum absolute atomic E-state index is 0.0818. The minimum Gasteiger partial charge on any atom is -0.459 e. The summed E-state index contributed by atoms with van der Waals surface area (Å²) in [6.45, 7) is 5.16. The molecule has 0 atom stereocenters. The maximum absolute atomic E-state index is 13.6. The topological polar surface area (TPSA) is 88.6 Å². The number of amides is 2. The van der Waals surface area contributed by atoms with Crippen molar-refractivity contribution in [3.05, 3.63) is 75.8 Å². The second-order valence-electron chi connectivity index (χ2n) is 7.49. The van der Waals surface area contributed by atoms with Crippen LogP contribution in [-0.2, 0) is 20.9 Å². The fraction of sp³-hybridized carbons (Fsp3) is 0.250. The molecule has 0 aliphatic carbocycles. The molecule has 0 unspecified atom stereocenters. The second-order valence-corrected chi connectivity index (χ2v) is 8.32. The molecule has 1 heterocycles. The molecule has 10 heteroatoms. The number of benzene rings is 2. The second kappa shape index (κ2) is 11.0. The van der Waals surface area contributed by atoms with Gasteiger partial charge in [0.15, 0.2) is 5.13 Å². The summed E-state index contributed by atoms with van der Waals surface area (Å²) in [5.74, 6) is -3.32. The lowest BCUT2D eigenvalue weighted by Crippen LogP contribution is -2.27. The molecule has 2 aromatic carbocycles. The van der Waals surface area contributed by atoms with Crippen molar-refractivity contribution in [2.75, 3.05) is 11.4 Å². The standard InChI is InChI=1S/C24H23F2N3O4S/c1-14-5-4-6-21(15(14)2)29(16(3)30)24-28-18(13-34-24)12-33-22(31)9-10-27-23(32)19-8-7-17(25)11-20(19)26/h4-8,11,13H,9-10,12H2,1-3H3,(H,27,32). The highest BCUT2D eigenvalue weighted by atomic mass is 32.1. The van der Waals surface area contributed by atoms with E-state index < -0.39 is 23.5 Å². The zero-order valence-electron chi connectivity index (χ0n) is 18.9. The van der Waals surface area contributed by atoms with Gasteiger partial charge >= 0.3 is 5.97 Å².